The van der Waals surface area contributed by atoms with E-state index in [-0.39, 0.29) is 20.1 Å². The third-order valence-electron chi connectivity index (χ3n) is 3.44. The van der Waals surface area contributed by atoms with Crippen LogP contribution in [-0.4, -0.2) is 78.9 Å². The monoisotopic (exact) mass is 972 g/mol. The number of alkyl halides is 12. The molecule has 0 N–H and O–H groups in total. The fourth-order valence-electron chi connectivity index (χ4n) is 1.41. The zero-order valence-corrected chi connectivity index (χ0v) is 27.3. The maximum absolute atomic E-state index is 10.7. The van der Waals surface area contributed by atoms with Gasteiger partial charge in [-0.25, -0.2) is 33.7 Å². The molecule has 0 amide bonds. The Bertz CT molecular complexity index is 1480. The van der Waals surface area contributed by atoms with Crippen molar-refractivity contribution >= 4 is 40.5 Å². The van der Waals surface area contributed by atoms with Gasteiger partial charge in [-0.15, -0.1) is 0 Å². The number of nitrogens with zero attached hydrogens (tertiary/aromatic N) is 1. The normalized spacial score (nSPS) is 12.5. The molecule has 0 fully saturated rings. The topological polar surface area (TPSA) is 242 Å². The van der Waals surface area contributed by atoms with Crippen LogP contribution in [0.15, 0.2) is 48.7 Å². The molecule has 279 valence electrons. The van der Waals surface area contributed by atoms with Gasteiger partial charge in [0.2, 0.25) is 0 Å². The van der Waals surface area contributed by atoms with Crippen LogP contribution in [0.25, 0.3) is 11.3 Å². The molecule has 0 unspecified atom stereocenters. The van der Waals surface area contributed by atoms with Crippen molar-refractivity contribution in [1.29, 1.82) is 0 Å². The van der Waals surface area contributed by atoms with Crippen molar-refractivity contribution in [2.24, 2.45) is 0 Å². The average molecular weight is 972 g/mol. The SMILES string of the molecule is CCc1ccc(-c2ccccc2)nc1.O=S(=O)([O-])C(F)(F)F.O=S(=O)([O-])C(F)(F)F.O=S(=O)([O-])C(F)(F)F.O=S(=O)([O-])C(F)(F)F.[Ir]. The smallest absolute Gasteiger partial charge is 0.485 e. The summed E-state index contributed by atoms with van der Waals surface area (Å²) < 4.78 is 236. The number of rotatable bonds is 2. The van der Waals surface area contributed by atoms with Crippen LogP contribution in [0.1, 0.15) is 12.5 Å². The Morgan fingerprint density at radius 3 is 0.957 bits per heavy atom. The summed E-state index contributed by atoms with van der Waals surface area (Å²) in [4.78, 5) is 4.42. The molecular weight excluding hydrogens is 959 g/mol. The van der Waals surface area contributed by atoms with Crippen molar-refractivity contribution < 1.29 is 125 Å². The molecule has 0 aliphatic carbocycles. The molecule has 1 heterocycles. The van der Waals surface area contributed by atoms with Gasteiger partial charge in [0.25, 0.3) is 0 Å². The molecule has 0 atom stereocenters. The average Bonchev–Trinajstić information content (AvgIpc) is 2.81. The Morgan fingerprint density at radius 2 is 0.787 bits per heavy atom. The van der Waals surface area contributed by atoms with E-state index in [0.29, 0.717) is 0 Å². The number of benzene rings is 1. The molecule has 0 spiro atoms. The van der Waals surface area contributed by atoms with Crippen LogP contribution in [0.2, 0.25) is 0 Å². The Morgan fingerprint density at radius 1 is 0.532 bits per heavy atom. The molecule has 30 heteroatoms. The van der Waals surface area contributed by atoms with Crippen LogP contribution in [-0.2, 0) is 67.0 Å². The molecule has 0 bridgehead atoms. The van der Waals surface area contributed by atoms with E-state index in [1.54, 1.807) is 0 Å². The maximum atomic E-state index is 10.7. The van der Waals surface area contributed by atoms with Gasteiger partial charge in [-0.1, -0.05) is 43.3 Å². The molecule has 0 aliphatic heterocycles. The van der Waals surface area contributed by atoms with Crippen LogP contribution in [0.5, 0.6) is 0 Å². The zero-order chi connectivity index (χ0) is 37.8. The number of hydrogen-bond acceptors (Lipinski definition) is 13. The van der Waals surface area contributed by atoms with Crippen molar-refractivity contribution in [2.75, 3.05) is 0 Å². The molecule has 1 aromatic carbocycles. The van der Waals surface area contributed by atoms with Gasteiger partial charge in [0.05, 0.1) is 5.69 Å². The standard InChI is InChI=1S/C13H13N.4CHF3O3S.Ir/c1-2-11-8-9-13(14-10-11)12-6-4-3-5-7-12;4*2-1(3,4)8(5,6)7;/h3-10H,2H2,1H3;4*(H,5,6,7);/p-4. The second-order valence-corrected chi connectivity index (χ2v) is 12.4. The second kappa shape index (κ2) is 19.1. The molecular formula is C17H13F12IrNO12S4-4. The Kier molecular flexibility index (Phi) is 21.0. The predicted octanol–water partition coefficient (Wildman–Crippen LogP) is 3.51. The predicted molar refractivity (Wildman–Crippen MR) is 122 cm³/mol. The molecule has 47 heavy (non-hydrogen) atoms. The maximum Gasteiger partial charge on any atom is 0.485 e. The first-order valence-electron chi connectivity index (χ1n) is 9.99. The van der Waals surface area contributed by atoms with E-state index in [9.17, 15) is 52.7 Å². The first-order chi connectivity index (χ1) is 19.9. The van der Waals surface area contributed by atoms with Crippen LogP contribution >= 0.6 is 0 Å². The van der Waals surface area contributed by atoms with Gasteiger partial charge in [0, 0.05) is 31.9 Å². The molecule has 2 aromatic rings. The molecule has 0 saturated heterocycles. The van der Waals surface area contributed by atoms with Crippen LogP contribution < -0.4 is 0 Å². The van der Waals surface area contributed by atoms with E-state index in [1.165, 1.54) is 11.1 Å². The van der Waals surface area contributed by atoms with Crippen LogP contribution in [0, 0.1) is 0 Å². The number of pyridine rings is 1. The summed E-state index contributed by atoms with van der Waals surface area (Å²) in [5.41, 5.74) is -19.1. The van der Waals surface area contributed by atoms with Crippen LogP contribution in [0.3, 0.4) is 0 Å². The third kappa shape index (κ3) is 22.9. The van der Waals surface area contributed by atoms with Crippen molar-refractivity contribution in [1.82, 2.24) is 4.98 Å². The van der Waals surface area contributed by atoms with E-state index >= 15 is 0 Å². The van der Waals surface area contributed by atoms with Gasteiger partial charge in [-0.2, -0.15) is 52.7 Å². The summed E-state index contributed by atoms with van der Waals surface area (Å²) in [5.74, 6) is 0. The van der Waals surface area contributed by atoms with E-state index in [2.05, 4.69) is 36.2 Å². The van der Waals surface area contributed by atoms with Crippen molar-refractivity contribution in [2.45, 2.75) is 35.4 Å². The molecule has 13 nitrogen and oxygen atoms in total. The van der Waals surface area contributed by atoms with Gasteiger partial charge in [-0.05, 0) is 18.1 Å². The van der Waals surface area contributed by atoms with E-state index in [0.717, 1.165) is 12.1 Å². The molecule has 0 aliphatic rings. The Balaban J connectivity index is -0.000000252. The van der Waals surface area contributed by atoms with Gasteiger partial charge in [0.15, 0.2) is 40.5 Å². The first-order valence-corrected chi connectivity index (χ1v) is 15.6. The minimum absolute atomic E-state index is 0. The van der Waals surface area contributed by atoms with Crippen molar-refractivity contribution in [3.63, 3.8) is 0 Å². The largest absolute Gasteiger partial charge is 0.741 e. The summed E-state index contributed by atoms with van der Waals surface area (Å²) in [7, 11) is -24.4. The van der Waals surface area contributed by atoms with Gasteiger partial charge >= 0.3 is 22.0 Å². The number of aryl methyl sites for hydroxylation is 1. The number of halogens is 12. The Hall–Kier alpha value is -2.18. The summed E-state index contributed by atoms with van der Waals surface area (Å²) in [5, 5.41) is 0. The summed E-state index contributed by atoms with van der Waals surface area (Å²) in [6.07, 6.45) is 2.99. The summed E-state index contributed by atoms with van der Waals surface area (Å²) >= 11 is 0. The van der Waals surface area contributed by atoms with Crippen molar-refractivity contribution in [3.8, 4) is 11.3 Å². The van der Waals surface area contributed by atoms with E-state index < -0.39 is 62.5 Å². The number of aromatic nitrogens is 1. The minimum Gasteiger partial charge on any atom is -0.741 e. The van der Waals surface area contributed by atoms with E-state index in [1.807, 2.05) is 24.4 Å². The zero-order valence-electron chi connectivity index (χ0n) is 21.7. The first kappa shape index (κ1) is 51.6. The molecule has 0 saturated carbocycles. The van der Waals surface area contributed by atoms with Gasteiger partial charge in [-0.3, -0.25) is 4.98 Å². The van der Waals surface area contributed by atoms with Crippen molar-refractivity contribution in [3.05, 3.63) is 54.2 Å². The van der Waals surface area contributed by atoms with Gasteiger partial charge < -0.3 is 18.2 Å². The Labute approximate surface area is 270 Å². The fourth-order valence-corrected chi connectivity index (χ4v) is 1.41. The number of hydrogen-bond donors (Lipinski definition) is 0. The summed E-state index contributed by atoms with van der Waals surface area (Å²) in [6, 6.07) is 14.4. The van der Waals surface area contributed by atoms with Gasteiger partial charge in [0.1, 0.15) is 0 Å². The quantitative estimate of drug-likeness (QED) is 0.238. The minimum atomic E-state index is -6.09. The second-order valence-electron chi connectivity index (χ2n) is 6.87. The molecule has 2 rings (SSSR count). The van der Waals surface area contributed by atoms with E-state index in [4.69, 9.17) is 51.9 Å². The summed E-state index contributed by atoms with van der Waals surface area (Å²) in [6.45, 7) is 2.14. The molecule has 1 aromatic heterocycles. The molecule has 1 radical (unpaired) electrons. The van der Waals surface area contributed by atoms with Crippen LogP contribution in [0.4, 0.5) is 52.7 Å². The fraction of sp³-hybridized carbons (Fsp3) is 0.353. The third-order valence-corrected chi connectivity index (χ3v) is 5.70.